The fraction of sp³-hybridized carbons (Fsp3) is 1.00. The van der Waals surface area contributed by atoms with Gasteiger partial charge in [-0.2, -0.15) is 0 Å². The lowest BCUT2D eigenvalue weighted by Gasteiger charge is -2.63. The summed E-state index contributed by atoms with van der Waals surface area (Å²) in [6.45, 7) is 6.16. The van der Waals surface area contributed by atoms with Gasteiger partial charge in [-0.15, -0.1) is 0 Å². The average molecular weight is 353 g/mol. The van der Waals surface area contributed by atoms with E-state index >= 15 is 0 Å². The second-order valence-corrected chi connectivity index (χ2v) is 10.3. The van der Waals surface area contributed by atoms with Crippen molar-refractivity contribution in [1.82, 2.24) is 0 Å². The molecule has 0 spiro atoms. The Bertz CT molecular complexity index is 536. The number of rotatable bonds is 1. The van der Waals surface area contributed by atoms with Gasteiger partial charge in [-0.05, 0) is 87.4 Å². The largest absolute Gasteiger partial charge is 0.393 e. The van der Waals surface area contributed by atoms with Crippen molar-refractivity contribution in [2.24, 2.45) is 34.5 Å². The van der Waals surface area contributed by atoms with Crippen molar-refractivity contribution >= 4 is 0 Å². The summed E-state index contributed by atoms with van der Waals surface area (Å²) in [6.07, 6.45) is 5.77. The molecule has 0 unspecified atom stereocenters. The van der Waals surface area contributed by atoms with E-state index in [4.69, 9.17) is 0 Å². The summed E-state index contributed by atoms with van der Waals surface area (Å²) in [7, 11) is 0. The Kier molecular flexibility index (Phi) is 4.13. The molecule has 0 aromatic heterocycles. The summed E-state index contributed by atoms with van der Waals surface area (Å²) >= 11 is 0. The Morgan fingerprint density at radius 1 is 1.00 bits per heavy atom. The maximum atomic E-state index is 11.3. The summed E-state index contributed by atoms with van der Waals surface area (Å²) < 4.78 is 0. The molecule has 0 radical (unpaired) electrons. The van der Waals surface area contributed by atoms with Crippen LogP contribution in [0, 0.1) is 34.5 Å². The summed E-state index contributed by atoms with van der Waals surface area (Å²) in [5.41, 5.74) is -1.38. The summed E-state index contributed by atoms with van der Waals surface area (Å²) in [5, 5.41) is 42.9. The van der Waals surface area contributed by atoms with Crippen LogP contribution in [0.2, 0.25) is 0 Å². The fourth-order valence-electron chi connectivity index (χ4n) is 8.09. The molecule has 4 nitrogen and oxygen atoms in total. The monoisotopic (exact) mass is 352 g/mol. The van der Waals surface area contributed by atoms with Crippen molar-refractivity contribution in [1.29, 1.82) is 0 Å². The molecule has 4 N–H and O–H groups in total. The van der Waals surface area contributed by atoms with Crippen LogP contribution in [0.1, 0.15) is 72.1 Å². The van der Waals surface area contributed by atoms with E-state index in [2.05, 4.69) is 13.8 Å². The van der Waals surface area contributed by atoms with E-state index in [1.54, 1.807) is 6.92 Å². The minimum Gasteiger partial charge on any atom is -0.393 e. The number of hydrogen-bond acceptors (Lipinski definition) is 4. The third-order valence-corrected chi connectivity index (χ3v) is 9.48. The molecule has 0 heterocycles. The van der Waals surface area contributed by atoms with Gasteiger partial charge in [0.25, 0.3) is 0 Å². The van der Waals surface area contributed by atoms with E-state index in [-0.39, 0.29) is 17.4 Å². The number of aliphatic hydroxyl groups is 4. The van der Waals surface area contributed by atoms with Crippen molar-refractivity contribution in [3.63, 3.8) is 0 Å². The lowest BCUT2D eigenvalue weighted by molar-refractivity contribution is -0.218. The quantitative estimate of drug-likeness (QED) is 0.584. The van der Waals surface area contributed by atoms with Crippen molar-refractivity contribution in [2.75, 3.05) is 0 Å². The molecule has 4 aliphatic rings. The van der Waals surface area contributed by atoms with Crippen molar-refractivity contribution < 1.29 is 20.4 Å². The highest BCUT2D eigenvalue weighted by Crippen LogP contribution is 2.68. The second kappa shape index (κ2) is 5.67. The first kappa shape index (κ1) is 18.2. The van der Waals surface area contributed by atoms with Gasteiger partial charge in [-0.1, -0.05) is 13.8 Å². The van der Waals surface area contributed by atoms with Gasteiger partial charge in [0.15, 0.2) is 0 Å². The molecule has 4 heteroatoms. The Balaban J connectivity index is 1.69. The Labute approximate surface area is 151 Å². The van der Waals surface area contributed by atoms with Crippen molar-refractivity contribution in [2.45, 2.75) is 96.1 Å². The van der Waals surface area contributed by atoms with Crippen LogP contribution in [0.3, 0.4) is 0 Å². The van der Waals surface area contributed by atoms with Crippen LogP contribution in [0.25, 0.3) is 0 Å². The molecule has 25 heavy (non-hydrogen) atoms. The molecule has 0 aromatic carbocycles. The van der Waals surface area contributed by atoms with Crippen molar-refractivity contribution in [3.05, 3.63) is 0 Å². The van der Waals surface area contributed by atoms with Gasteiger partial charge in [-0.3, -0.25) is 0 Å². The molecule has 144 valence electrons. The molecular formula is C21H36O4. The van der Waals surface area contributed by atoms with Crippen LogP contribution in [-0.2, 0) is 0 Å². The van der Waals surface area contributed by atoms with Gasteiger partial charge in [0.1, 0.15) is 0 Å². The van der Waals surface area contributed by atoms with Gasteiger partial charge < -0.3 is 20.4 Å². The molecule has 0 amide bonds. The SMILES string of the molecule is C[C@@H](O)[C@@]1(O)CC[C@H]2[C@@H]3CC[C@@H]4C[C@H](O)CC[C@]4(C)[C@H]3[C@@H](O)C[C@@]21C. The van der Waals surface area contributed by atoms with Crippen LogP contribution < -0.4 is 0 Å². The normalized spacial score (nSPS) is 59.6. The third kappa shape index (κ3) is 2.27. The summed E-state index contributed by atoms with van der Waals surface area (Å²) in [5.74, 6) is 1.59. The highest BCUT2D eigenvalue weighted by molar-refractivity contribution is 5.17. The lowest BCUT2D eigenvalue weighted by atomic mass is 9.43. The van der Waals surface area contributed by atoms with E-state index in [1.807, 2.05) is 0 Å². The smallest absolute Gasteiger partial charge is 0.0959 e. The molecule has 4 saturated carbocycles. The lowest BCUT2D eigenvalue weighted by Crippen LogP contribution is -2.63. The first-order valence-electron chi connectivity index (χ1n) is 10.4. The van der Waals surface area contributed by atoms with Gasteiger partial charge in [0.2, 0.25) is 0 Å². The number of aliphatic hydroxyl groups excluding tert-OH is 3. The minimum absolute atomic E-state index is 0.106. The molecule has 10 atom stereocenters. The Hall–Kier alpha value is -0.160. The first-order chi connectivity index (χ1) is 11.6. The number of fused-ring (bicyclic) bond motifs is 5. The highest BCUT2D eigenvalue weighted by Gasteiger charge is 2.67. The Morgan fingerprint density at radius 2 is 1.72 bits per heavy atom. The van der Waals surface area contributed by atoms with E-state index in [0.29, 0.717) is 30.6 Å². The van der Waals surface area contributed by atoms with Crippen LogP contribution in [0.15, 0.2) is 0 Å². The second-order valence-electron chi connectivity index (χ2n) is 10.3. The molecule has 0 saturated heterocycles. The average Bonchev–Trinajstić information content (AvgIpc) is 2.80. The van der Waals surface area contributed by atoms with E-state index in [0.717, 1.165) is 38.5 Å². The topological polar surface area (TPSA) is 80.9 Å². The van der Waals surface area contributed by atoms with Crippen molar-refractivity contribution in [3.8, 4) is 0 Å². The van der Waals surface area contributed by atoms with Crippen LogP contribution in [-0.4, -0.2) is 44.3 Å². The maximum Gasteiger partial charge on any atom is 0.0959 e. The molecule has 0 bridgehead atoms. The predicted octanol–water partition coefficient (Wildman–Crippen LogP) is 2.47. The standard InChI is InChI=1S/C21H36O4/c1-12(22)21(25)9-7-16-15-5-4-13-10-14(23)6-8-19(13,2)18(15)17(24)11-20(16,21)3/h12-18,22-25H,4-11H2,1-3H3/t12-,13-,14-,15+,16+,17+,18-,19+,20+,21+/m1/s1. The highest BCUT2D eigenvalue weighted by atomic mass is 16.3. The van der Waals surface area contributed by atoms with E-state index in [1.165, 1.54) is 0 Å². The minimum atomic E-state index is -1.08. The summed E-state index contributed by atoms with van der Waals surface area (Å²) in [6, 6.07) is 0. The molecule has 4 aliphatic carbocycles. The summed E-state index contributed by atoms with van der Waals surface area (Å²) in [4.78, 5) is 0. The maximum absolute atomic E-state index is 11.3. The van der Waals surface area contributed by atoms with Crippen LogP contribution >= 0.6 is 0 Å². The van der Waals surface area contributed by atoms with Crippen LogP contribution in [0.4, 0.5) is 0 Å². The van der Waals surface area contributed by atoms with Gasteiger partial charge >= 0.3 is 0 Å². The Morgan fingerprint density at radius 3 is 2.40 bits per heavy atom. The molecule has 0 aliphatic heterocycles. The molecular weight excluding hydrogens is 316 g/mol. The zero-order valence-corrected chi connectivity index (χ0v) is 16.0. The number of hydrogen-bond donors (Lipinski definition) is 4. The first-order valence-corrected chi connectivity index (χ1v) is 10.4. The fourth-order valence-corrected chi connectivity index (χ4v) is 8.09. The van der Waals surface area contributed by atoms with Gasteiger partial charge in [0, 0.05) is 5.41 Å². The molecule has 0 aromatic rings. The molecule has 4 fully saturated rings. The molecule has 4 rings (SSSR count). The van der Waals surface area contributed by atoms with Gasteiger partial charge in [0.05, 0.1) is 23.9 Å². The van der Waals surface area contributed by atoms with E-state index in [9.17, 15) is 20.4 Å². The zero-order valence-electron chi connectivity index (χ0n) is 16.0. The van der Waals surface area contributed by atoms with Crippen LogP contribution in [0.5, 0.6) is 0 Å². The van der Waals surface area contributed by atoms with Gasteiger partial charge in [-0.25, -0.2) is 0 Å². The third-order valence-electron chi connectivity index (χ3n) is 9.48. The van der Waals surface area contributed by atoms with E-state index < -0.39 is 23.2 Å². The zero-order chi connectivity index (χ0) is 18.2. The predicted molar refractivity (Wildman–Crippen MR) is 95.8 cm³/mol.